The lowest BCUT2D eigenvalue weighted by Gasteiger charge is -2.25. The monoisotopic (exact) mass is 222 g/mol. The van der Waals surface area contributed by atoms with Gasteiger partial charge in [-0.2, -0.15) is 5.10 Å². The van der Waals surface area contributed by atoms with Crippen molar-refractivity contribution in [1.29, 1.82) is 0 Å². The summed E-state index contributed by atoms with van der Waals surface area (Å²) in [4.78, 5) is 11.8. The maximum atomic E-state index is 11.8. The van der Waals surface area contributed by atoms with E-state index < -0.39 is 0 Å². The Morgan fingerprint density at radius 1 is 1.62 bits per heavy atom. The second-order valence-electron chi connectivity index (χ2n) is 4.32. The number of carbonyl (C=O) groups excluding carboxylic acids is 1. The number of hydrogen-bond acceptors (Lipinski definition) is 3. The predicted molar refractivity (Wildman–Crippen MR) is 62.1 cm³/mol. The molecule has 0 aromatic carbocycles. The molecule has 1 aliphatic carbocycles. The van der Waals surface area contributed by atoms with Crippen LogP contribution in [0.15, 0.2) is 0 Å². The number of carbonyl (C=O) groups is 1. The molecule has 2 rings (SSSR count). The molecule has 1 saturated carbocycles. The molecule has 4 N–H and O–H groups in total. The Balaban J connectivity index is 1.94. The molecule has 0 saturated heterocycles. The zero-order valence-electron chi connectivity index (χ0n) is 9.55. The van der Waals surface area contributed by atoms with Gasteiger partial charge in [0.05, 0.1) is 11.4 Å². The van der Waals surface area contributed by atoms with E-state index in [2.05, 4.69) is 15.5 Å². The summed E-state index contributed by atoms with van der Waals surface area (Å²) in [7, 11) is 0. The number of rotatable bonds is 4. The number of nitrogens with two attached hydrogens (primary N) is 1. The molecule has 5 heteroatoms. The Kier molecular flexibility index (Phi) is 3.12. The maximum Gasteiger partial charge on any atom is 0.273 e. The van der Waals surface area contributed by atoms with Gasteiger partial charge in [-0.15, -0.1) is 0 Å². The number of aryl methyl sites for hydroxylation is 1. The van der Waals surface area contributed by atoms with Crippen molar-refractivity contribution in [3.05, 3.63) is 11.4 Å². The number of anilines is 1. The van der Waals surface area contributed by atoms with Crippen molar-refractivity contribution in [3.8, 4) is 0 Å². The van der Waals surface area contributed by atoms with Gasteiger partial charge in [-0.25, -0.2) is 0 Å². The highest BCUT2D eigenvalue weighted by Crippen LogP contribution is 2.25. The highest BCUT2D eigenvalue weighted by molar-refractivity contribution is 5.97. The lowest BCUT2D eigenvalue weighted by molar-refractivity contribution is 0.0935. The standard InChI is InChI=1S/C11H18N4O/c1-2-8-9(12)10(15-14-8)11(16)13-6-7-4-3-5-7/h7H,2-6,12H2,1H3,(H,13,16)(H,14,15). The number of hydrogen-bond donors (Lipinski definition) is 3. The lowest BCUT2D eigenvalue weighted by atomic mass is 9.85. The van der Waals surface area contributed by atoms with E-state index in [9.17, 15) is 4.79 Å². The predicted octanol–water partition coefficient (Wildman–Crippen LogP) is 1.08. The molecule has 88 valence electrons. The van der Waals surface area contributed by atoms with E-state index in [1.807, 2.05) is 6.92 Å². The topological polar surface area (TPSA) is 83.8 Å². The molecule has 0 unspecified atom stereocenters. The molecule has 1 amide bonds. The minimum absolute atomic E-state index is 0.166. The van der Waals surface area contributed by atoms with Gasteiger partial charge in [0.15, 0.2) is 5.69 Å². The van der Waals surface area contributed by atoms with Gasteiger partial charge in [-0.05, 0) is 25.2 Å². The molecule has 0 aliphatic heterocycles. The van der Waals surface area contributed by atoms with Crippen LogP contribution >= 0.6 is 0 Å². The largest absolute Gasteiger partial charge is 0.395 e. The molecule has 1 aromatic heterocycles. The van der Waals surface area contributed by atoms with E-state index in [0.717, 1.165) is 18.7 Å². The van der Waals surface area contributed by atoms with E-state index in [1.54, 1.807) is 0 Å². The third kappa shape index (κ3) is 2.03. The van der Waals surface area contributed by atoms with Crippen molar-refractivity contribution in [2.24, 2.45) is 5.92 Å². The van der Waals surface area contributed by atoms with Crippen LogP contribution in [0.2, 0.25) is 0 Å². The van der Waals surface area contributed by atoms with Crippen molar-refractivity contribution in [2.75, 3.05) is 12.3 Å². The minimum Gasteiger partial charge on any atom is -0.395 e. The molecule has 5 nitrogen and oxygen atoms in total. The van der Waals surface area contributed by atoms with Gasteiger partial charge in [0, 0.05) is 6.54 Å². The van der Waals surface area contributed by atoms with Crippen LogP contribution in [0.4, 0.5) is 5.69 Å². The average Bonchev–Trinajstić information content (AvgIpc) is 2.57. The van der Waals surface area contributed by atoms with Crippen LogP contribution < -0.4 is 11.1 Å². The van der Waals surface area contributed by atoms with Crippen LogP contribution in [-0.2, 0) is 6.42 Å². The molecular weight excluding hydrogens is 204 g/mol. The van der Waals surface area contributed by atoms with E-state index in [-0.39, 0.29) is 5.91 Å². The smallest absolute Gasteiger partial charge is 0.273 e. The van der Waals surface area contributed by atoms with Crippen molar-refractivity contribution in [2.45, 2.75) is 32.6 Å². The first-order valence-corrected chi connectivity index (χ1v) is 5.83. The molecule has 0 spiro atoms. The summed E-state index contributed by atoms with van der Waals surface area (Å²) in [6.07, 6.45) is 4.48. The molecule has 0 radical (unpaired) electrons. The molecule has 1 aromatic rings. The number of nitrogen functional groups attached to an aromatic ring is 1. The van der Waals surface area contributed by atoms with E-state index >= 15 is 0 Å². The first-order chi connectivity index (χ1) is 7.72. The summed E-state index contributed by atoms with van der Waals surface area (Å²) in [5.41, 5.74) is 7.45. The fourth-order valence-electron chi connectivity index (χ4n) is 1.85. The number of H-pyrrole nitrogens is 1. The summed E-state index contributed by atoms with van der Waals surface area (Å²) in [6, 6.07) is 0. The molecule has 0 bridgehead atoms. The van der Waals surface area contributed by atoms with Gasteiger partial charge in [-0.1, -0.05) is 13.3 Å². The van der Waals surface area contributed by atoms with Crippen LogP contribution in [0.3, 0.4) is 0 Å². The molecule has 0 atom stereocenters. The van der Waals surface area contributed by atoms with E-state index in [1.165, 1.54) is 19.3 Å². The number of nitrogens with one attached hydrogen (secondary N) is 2. The second kappa shape index (κ2) is 4.55. The van der Waals surface area contributed by atoms with Crippen LogP contribution in [0.1, 0.15) is 42.4 Å². The summed E-state index contributed by atoms with van der Waals surface area (Å²) >= 11 is 0. The number of aromatic nitrogens is 2. The van der Waals surface area contributed by atoms with E-state index in [0.29, 0.717) is 17.3 Å². The highest BCUT2D eigenvalue weighted by Gasteiger charge is 2.20. The fraction of sp³-hybridized carbons (Fsp3) is 0.636. The lowest BCUT2D eigenvalue weighted by Crippen LogP contribution is -2.32. The third-order valence-electron chi connectivity index (χ3n) is 3.23. The van der Waals surface area contributed by atoms with Gasteiger partial charge < -0.3 is 11.1 Å². The number of nitrogens with zero attached hydrogens (tertiary/aromatic N) is 1. The third-order valence-corrected chi connectivity index (χ3v) is 3.23. The summed E-state index contributed by atoms with van der Waals surface area (Å²) < 4.78 is 0. The quantitative estimate of drug-likeness (QED) is 0.713. The molecule has 16 heavy (non-hydrogen) atoms. The van der Waals surface area contributed by atoms with Crippen LogP contribution in [-0.4, -0.2) is 22.6 Å². The Morgan fingerprint density at radius 2 is 2.38 bits per heavy atom. The van der Waals surface area contributed by atoms with Crippen LogP contribution in [0.5, 0.6) is 0 Å². The first-order valence-electron chi connectivity index (χ1n) is 5.83. The maximum absolute atomic E-state index is 11.8. The molecular formula is C11H18N4O. The SMILES string of the molecule is CCc1[nH]nc(C(=O)NCC2CCC2)c1N. The average molecular weight is 222 g/mol. The molecule has 1 heterocycles. The van der Waals surface area contributed by atoms with Crippen molar-refractivity contribution in [3.63, 3.8) is 0 Å². The van der Waals surface area contributed by atoms with Crippen molar-refractivity contribution >= 4 is 11.6 Å². The van der Waals surface area contributed by atoms with E-state index in [4.69, 9.17) is 5.73 Å². The van der Waals surface area contributed by atoms with Crippen LogP contribution in [0.25, 0.3) is 0 Å². The van der Waals surface area contributed by atoms with Crippen molar-refractivity contribution < 1.29 is 4.79 Å². The molecule has 1 aliphatic rings. The van der Waals surface area contributed by atoms with Gasteiger partial charge in [0.1, 0.15) is 0 Å². The number of aromatic amines is 1. The summed E-state index contributed by atoms with van der Waals surface area (Å²) in [5, 5.41) is 9.61. The fourth-order valence-corrected chi connectivity index (χ4v) is 1.85. The summed E-state index contributed by atoms with van der Waals surface area (Å²) in [6.45, 7) is 2.71. The Labute approximate surface area is 94.8 Å². The summed E-state index contributed by atoms with van der Waals surface area (Å²) in [5.74, 6) is 0.482. The Hall–Kier alpha value is -1.52. The first kappa shape index (κ1) is 11.0. The van der Waals surface area contributed by atoms with Gasteiger partial charge in [-0.3, -0.25) is 9.89 Å². The molecule has 1 fully saturated rings. The minimum atomic E-state index is -0.166. The Morgan fingerprint density at radius 3 is 2.88 bits per heavy atom. The highest BCUT2D eigenvalue weighted by atomic mass is 16.1. The second-order valence-corrected chi connectivity index (χ2v) is 4.32. The Bertz CT molecular complexity index is 381. The van der Waals surface area contributed by atoms with Gasteiger partial charge in [0.2, 0.25) is 0 Å². The number of amides is 1. The normalized spacial score (nSPS) is 15.8. The van der Waals surface area contributed by atoms with Gasteiger partial charge >= 0.3 is 0 Å². The van der Waals surface area contributed by atoms with Crippen molar-refractivity contribution in [1.82, 2.24) is 15.5 Å². The van der Waals surface area contributed by atoms with Crippen LogP contribution in [0, 0.1) is 5.92 Å². The zero-order valence-corrected chi connectivity index (χ0v) is 9.55. The van der Waals surface area contributed by atoms with Gasteiger partial charge in [0.25, 0.3) is 5.91 Å². The zero-order chi connectivity index (χ0) is 11.5.